The fourth-order valence-electron chi connectivity index (χ4n) is 1.77. The molecule has 0 saturated carbocycles. The van der Waals surface area contributed by atoms with Crippen LogP contribution in [0.25, 0.3) is 11.0 Å². The van der Waals surface area contributed by atoms with E-state index in [1.165, 1.54) is 0 Å². The molecule has 3 rings (SSSR count). The van der Waals surface area contributed by atoms with Gasteiger partial charge in [-0.2, -0.15) is 10.1 Å². The molecule has 0 atom stereocenters. The van der Waals surface area contributed by atoms with Crippen LogP contribution in [0.3, 0.4) is 0 Å². The van der Waals surface area contributed by atoms with Gasteiger partial charge in [0.25, 0.3) is 0 Å². The SMILES string of the molecule is CC.Cc1nc(Nc2cnn(C)c2)nc2[nH]ccc12. The molecule has 3 aromatic heterocycles. The van der Waals surface area contributed by atoms with Gasteiger partial charge in [0.2, 0.25) is 5.95 Å². The monoisotopic (exact) mass is 258 g/mol. The van der Waals surface area contributed by atoms with E-state index in [2.05, 4.69) is 25.4 Å². The molecule has 0 aliphatic heterocycles. The van der Waals surface area contributed by atoms with E-state index in [0.717, 1.165) is 22.4 Å². The van der Waals surface area contributed by atoms with Crippen molar-refractivity contribution in [3.63, 3.8) is 0 Å². The smallest absolute Gasteiger partial charge is 0.229 e. The van der Waals surface area contributed by atoms with Crippen LogP contribution in [0, 0.1) is 6.92 Å². The van der Waals surface area contributed by atoms with E-state index in [9.17, 15) is 0 Å². The van der Waals surface area contributed by atoms with Crippen molar-refractivity contribution < 1.29 is 0 Å². The van der Waals surface area contributed by atoms with Gasteiger partial charge in [0.1, 0.15) is 5.65 Å². The van der Waals surface area contributed by atoms with E-state index in [1.54, 1.807) is 10.9 Å². The lowest BCUT2D eigenvalue weighted by Crippen LogP contribution is -1.98. The Hall–Kier alpha value is -2.37. The summed E-state index contributed by atoms with van der Waals surface area (Å²) in [6.07, 6.45) is 5.47. The van der Waals surface area contributed by atoms with Crippen LogP contribution in [0.5, 0.6) is 0 Å². The highest BCUT2D eigenvalue weighted by molar-refractivity contribution is 5.79. The van der Waals surface area contributed by atoms with Crippen LogP contribution in [0.1, 0.15) is 19.5 Å². The maximum atomic E-state index is 4.40. The summed E-state index contributed by atoms with van der Waals surface area (Å²) in [6.45, 7) is 5.96. The molecule has 0 saturated heterocycles. The number of nitrogens with zero attached hydrogens (tertiary/aromatic N) is 4. The van der Waals surface area contributed by atoms with Gasteiger partial charge in [-0.15, -0.1) is 0 Å². The average Bonchev–Trinajstić information content (AvgIpc) is 3.01. The van der Waals surface area contributed by atoms with E-state index in [0.29, 0.717) is 5.95 Å². The Balaban J connectivity index is 0.000000637. The molecular formula is C13H18N6. The minimum absolute atomic E-state index is 0.574. The van der Waals surface area contributed by atoms with Gasteiger partial charge in [0, 0.05) is 24.8 Å². The Morgan fingerprint density at radius 3 is 2.74 bits per heavy atom. The minimum Gasteiger partial charge on any atom is -0.346 e. The fourth-order valence-corrected chi connectivity index (χ4v) is 1.77. The molecule has 0 unspecified atom stereocenters. The zero-order chi connectivity index (χ0) is 13.8. The number of fused-ring (bicyclic) bond motifs is 1. The molecule has 19 heavy (non-hydrogen) atoms. The van der Waals surface area contributed by atoms with Crippen LogP contribution in [0.4, 0.5) is 11.6 Å². The Bertz CT molecular complexity index is 667. The molecule has 0 aliphatic rings. The van der Waals surface area contributed by atoms with Gasteiger partial charge in [-0.05, 0) is 13.0 Å². The van der Waals surface area contributed by atoms with Crippen molar-refractivity contribution in [3.05, 3.63) is 30.4 Å². The normalized spacial score (nSPS) is 10.1. The number of aromatic amines is 1. The maximum absolute atomic E-state index is 4.40. The second kappa shape index (κ2) is 5.51. The zero-order valence-electron chi connectivity index (χ0n) is 11.6. The quantitative estimate of drug-likeness (QED) is 0.741. The predicted octanol–water partition coefficient (Wildman–Crippen LogP) is 2.77. The van der Waals surface area contributed by atoms with E-state index in [4.69, 9.17) is 0 Å². The number of nitrogens with one attached hydrogen (secondary N) is 2. The highest BCUT2D eigenvalue weighted by Crippen LogP contribution is 2.17. The summed E-state index contributed by atoms with van der Waals surface area (Å²) in [4.78, 5) is 11.9. The molecule has 0 radical (unpaired) electrons. The number of aromatic nitrogens is 5. The summed E-state index contributed by atoms with van der Waals surface area (Å²) in [5.74, 6) is 0.574. The van der Waals surface area contributed by atoms with Crippen LogP contribution in [0.15, 0.2) is 24.7 Å². The van der Waals surface area contributed by atoms with Crippen molar-refractivity contribution in [1.29, 1.82) is 0 Å². The molecule has 0 amide bonds. The molecule has 0 spiro atoms. The lowest BCUT2D eigenvalue weighted by molar-refractivity contribution is 0.768. The van der Waals surface area contributed by atoms with Crippen LogP contribution in [-0.4, -0.2) is 24.7 Å². The molecule has 0 aliphatic carbocycles. The standard InChI is InChI=1S/C11H12N6.C2H6/c1-7-9-3-4-12-10(9)16-11(14-7)15-8-5-13-17(2)6-8;1-2/h3-6H,1-2H3,(H2,12,14,15,16);1-2H3. The topological polar surface area (TPSA) is 71.4 Å². The molecule has 2 N–H and O–H groups in total. The summed E-state index contributed by atoms with van der Waals surface area (Å²) in [5, 5.41) is 8.24. The van der Waals surface area contributed by atoms with Crippen LogP contribution in [-0.2, 0) is 7.05 Å². The Morgan fingerprint density at radius 1 is 1.26 bits per heavy atom. The van der Waals surface area contributed by atoms with Gasteiger partial charge < -0.3 is 10.3 Å². The molecule has 0 fully saturated rings. The van der Waals surface area contributed by atoms with Gasteiger partial charge in [-0.1, -0.05) is 13.8 Å². The summed E-state index contributed by atoms with van der Waals surface area (Å²) < 4.78 is 1.72. The predicted molar refractivity (Wildman–Crippen MR) is 76.5 cm³/mol. The van der Waals surface area contributed by atoms with Crippen LogP contribution < -0.4 is 5.32 Å². The van der Waals surface area contributed by atoms with Gasteiger partial charge in [0.15, 0.2) is 0 Å². The van der Waals surface area contributed by atoms with Crippen molar-refractivity contribution in [3.8, 4) is 0 Å². The fraction of sp³-hybridized carbons (Fsp3) is 0.308. The average molecular weight is 258 g/mol. The van der Waals surface area contributed by atoms with E-state index in [-0.39, 0.29) is 0 Å². The molecule has 6 nitrogen and oxygen atoms in total. The van der Waals surface area contributed by atoms with Crippen molar-refractivity contribution in [2.75, 3.05) is 5.32 Å². The summed E-state index contributed by atoms with van der Waals surface area (Å²) in [5.41, 5.74) is 2.66. The highest BCUT2D eigenvalue weighted by Gasteiger charge is 2.05. The molecule has 6 heteroatoms. The lowest BCUT2D eigenvalue weighted by atomic mass is 10.3. The van der Waals surface area contributed by atoms with E-state index < -0.39 is 0 Å². The highest BCUT2D eigenvalue weighted by atomic mass is 15.3. The summed E-state index contributed by atoms with van der Waals surface area (Å²) >= 11 is 0. The number of anilines is 2. The number of hydrogen-bond donors (Lipinski definition) is 2. The second-order valence-electron chi connectivity index (χ2n) is 3.90. The first-order valence-corrected chi connectivity index (χ1v) is 6.30. The van der Waals surface area contributed by atoms with Gasteiger partial charge in [-0.3, -0.25) is 4.68 Å². The third-order valence-corrected chi connectivity index (χ3v) is 2.57. The van der Waals surface area contributed by atoms with Gasteiger partial charge >= 0.3 is 0 Å². The first kappa shape index (κ1) is 13.1. The Kier molecular flexibility index (Phi) is 3.79. The van der Waals surface area contributed by atoms with Crippen molar-refractivity contribution >= 4 is 22.7 Å². The third-order valence-electron chi connectivity index (χ3n) is 2.57. The molecule has 3 aromatic rings. The van der Waals surface area contributed by atoms with Crippen LogP contribution in [0.2, 0.25) is 0 Å². The largest absolute Gasteiger partial charge is 0.346 e. The summed E-state index contributed by atoms with van der Waals surface area (Å²) in [7, 11) is 1.87. The first-order chi connectivity index (χ1) is 9.22. The second-order valence-corrected chi connectivity index (χ2v) is 3.90. The number of hydrogen-bond acceptors (Lipinski definition) is 4. The van der Waals surface area contributed by atoms with Gasteiger partial charge in [-0.25, -0.2) is 4.98 Å². The Labute approximate surface area is 111 Å². The van der Waals surface area contributed by atoms with Crippen molar-refractivity contribution in [2.45, 2.75) is 20.8 Å². The number of aryl methyl sites for hydroxylation is 2. The molecule has 3 heterocycles. The molecular weight excluding hydrogens is 240 g/mol. The minimum atomic E-state index is 0.574. The summed E-state index contributed by atoms with van der Waals surface area (Å²) in [6, 6.07) is 1.97. The zero-order valence-corrected chi connectivity index (χ0v) is 11.6. The van der Waals surface area contributed by atoms with Crippen molar-refractivity contribution in [1.82, 2.24) is 24.7 Å². The van der Waals surface area contributed by atoms with Gasteiger partial charge in [0.05, 0.1) is 17.6 Å². The van der Waals surface area contributed by atoms with Crippen molar-refractivity contribution in [2.24, 2.45) is 7.05 Å². The van der Waals surface area contributed by atoms with E-state index in [1.807, 2.05) is 46.3 Å². The third kappa shape index (κ3) is 2.73. The number of H-pyrrole nitrogens is 1. The first-order valence-electron chi connectivity index (χ1n) is 6.30. The Morgan fingerprint density at radius 2 is 2.05 bits per heavy atom. The molecule has 0 aromatic carbocycles. The maximum Gasteiger partial charge on any atom is 0.229 e. The lowest BCUT2D eigenvalue weighted by Gasteiger charge is -2.03. The van der Waals surface area contributed by atoms with E-state index >= 15 is 0 Å². The number of rotatable bonds is 2. The molecule has 0 bridgehead atoms. The molecule has 100 valence electrons. The van der Waals surface area contributed by atoms with Crippen LogP contribution >= 0.6 is 0 Å².